The minimum Gasteiger partial charge on any atom is -0.487 e. The van der Waals surface area contributed by atoms with Gasteiger partial charge in [0.1, 0.15) is 24.0 Å². The average molecular weight is 228 g/mol. The van der Waals surface area contributed by atoms with Crippen molar-refractivity contribution in [3.63, 3.8) is 0 Å². The van der Waals surface area contributed by atoms with Crippen LogP contribution >= 0.6 is 23.2 Å². The highest BCUT2D eigenvalue weighted by atomic mass is 35.5. The molecule has 0 atom stereocenters. The molecule has 0 aliphatic heterocycles. The highest BCUT2D eigenvalue weighted by Gasteiger charge is 2.06. The van der Waals surface area contributed by atoms with Crippen molar-refractivity contribution in [3.05, 3.63) is 40.4 Å². The lowest BCUT2D eigenvalue weighted by atomic mass is 10.2. The van der Waals surface area contributed by atoms with E-state index in [-0.39, 0.29) is 6.61 Å². The van der Waals surface area contributed by atoms with Crippen molar-refractivity contribution in [2.75, 3.05) is 6.61 Å². The third-order valence-electron chi connectivity index (χ3n) is 1.47. The van der Waals surface area contributed by atoms with Crippen LogP contribution < -0.4 is 4.74 Å². The Morgan fingerprint density at radius 1 is 1.57 bits per heavy atom. The Balaban J connectivity index is 2.92. The van der Waals surface area contributed by atoms with E-state index in [1.54, 1.807) is 18.2 Å². The predicted molar refractivity (Wildman–Crippen MR) is 56.7 cm³/mol. The van der Waals surface area contributed by atoms with Gasteiger partial charge in [0.2, 0.25) is 0 Å². The number of rotatable bonds is 3. The average Bonchev–Trinajstić information content (AvgIpc) is 2.14. The van der Waals surface area contributed by atoms with Gasteiger partial charge in [-0.2, -0.15) is 5.26 Å². The van der Waals surface area contributed by atoms with Crippen LogP contribution in [0.25, 0.3) is 0 Å². The molecule has 0 aliphatic rings. The molecule has 72 valence electrons. The van der Waals surface area contributed by atoms with Crippen molar-refractivity contribution in [1.29, 1.82) is 5.26 Å². The smallest absolute Gasteiger partial charge is 0.139 e. The number of halogens is 2. The molecule has 0 aromatic heterocycles. The standard InChI is InChI=1S/C10H7Cl2NO/c1-7(11)6-14-10-4-2-3-9(12)8(10)5-13/h2-4H,1,6H2. The molecule has 0 unspecified atom stereocenters. The minimum absolute atomic E-state index is 0.163. The Kier molecular flexibility index (Phi) is 3.82. The first-order valence-electron chi connectivity index (χ1n) is 3.80. The molecule has 0 heterocycles. The zero-order valence-corrected chi connectivity index (χ0v) is 8.77. The molecule has 0 spiro atoms. The Morgan fingerprint density at radius 3 is 2.86 bits per heavy atom. The van der Waals surface area contributed by atoms with Gasteiger partial charge in [-0.3, -0.25) is 0 Å². The largest absolute Gasteiger partial charge is 0.487 e. The minimum atomic E-state index is 0.163. The van der Waals surface area contributed by atoms with E-state index >= 15 is 0 Å². The SMILES string of the molecule is C=C(Cl)COc1cccc(Cl)c1C#N. The maximum absolute atomic E-state index is 8.79. The van der Waals surface area contributed by atoms with Gasteiger partial charge in [-0.25, -0.2) is 0 Å². The third kappa shape index (κ3) is 2.66. The third-order valence-corrected chi connectivity index (χ3v) is 1.90. The zero-order chi connectivity index (χ0) is 10.6. The quantitative estimate of drug-likeness (QED) is 0.794. The van der Waals surface area contributed by atoms with Gasteiger partial charge in [0.05, 0.1) is 5.02 Å². The molecule has 0 saturated heterocycles. The van der Waals surface area contributed by atoms with Crippen LogP contribution in [0, 0.1) is 11.3 Å². The Bertz CT molecular complexity index is 396. The van der Waals surface area contributed by atoms with Crippen LogP contribution in [0.3, 0.4) is 0 Å². The number of hydrogen-bond acceptors (Lipinski definition) is 2. The molecule has 0 aliphatic carbocycles. The lowest BCUT2D eigenvalue weighted by molar-refractivity contribution is 0.358. The van der Waals surface area contributed by atoms with Crippen LogP contribution in [0.1, 0.15) is 5.56 Å². The van der Waals surface area contributed by atoms with Gasteiger partial charge in [0, 0.05) is 5.03 Å². The Morgan fingerprint density at radius 2 is 2.29 bits per heavy atom. The fraction of sp³-hybridized carbons (Fsp3) is 0.100. The number of nitrogens with zero attached hydrogens (tertiary/aromatic N) is 1. The molecule has 1 aromatic rings. The fourth-order valence-corrected chi connectivity index (χ4v) is 1.15. The van der Waals surface area contributed by atoms with Crippen LogP contribution in [0.4, 0.5) is 0 Å². The van der Waals surface area contributed by atoms with E-state index in [2.05, 4.69) is 6.58 Å². The highest BCUT2D eigenvalue weighted by molar-refractivity contribution is 6.32. The van der Waals surface area contributed by atoms with Crippen molar-refractivity contribution in [3.8, 4) is 11.8 Å². The van der Waals surface area contributed by atoms with Gasteiger partial charge in [-0.15, -0.1) is 0 Å². The number of ether oxygens (including phenoxy) is 1. The summed E-state index contributed by atoms with van der Waals surface area (Å²) in [6.45, 7) is 3.64. The first-order chi connectivity index (χ1) is 6.65. The monoisotopic (exact) mass is 227 g/mol. The van der Waals surface area contributed by atoms with Crippen LogP contribution in [0.5, 0.6) is 5.75 Å². The first-order valence-corrected chi connectivity index (χ1v) is 4.55. The molecule has 1 rings (SSSR count). The molecule has 0 N–H and O–H groups in total. The van der Waals surface area contributed by atoms with Crippen LogP contribution in [0.2, 0.25) is 5.02 Å². The van der Waals surface area contributed by atoms with Crippen molar-refractivity contribution >= 4 is 23.2 Å². The molecule has 2 nitrogen and oxygen atoms in total. The number of nitriles is 1. The predicted octanol–water partition coefficient (Wildman–Crippen LogP) is 3.34. The topological polar surface area (TPSA) is 33.0 Å². The lowest BCUT2D eigenvalue weighted by Crippen LogP contribution is -1.98. The molecule has 4 heteroatoms. The van der Waals surface area contributed by atoms with Crippen molar-refractivity contribution in [2.45, 2.75) is 0 Å². The van der Waals surface area contributed by atoms with Crippen molar-refractivity contribution in [2.24, 2.45) is 0 Å². The molecular formula is C10H7Cl2NO. The Labute approximate surface area is 92.3 Å². The van der Waals surface area contributed by atoms with Crippen molar-refractivity contribution in [1.82, 2.24) is 0 Å². The first kappa shape index (κ1) is 10.9. The van der Waals surface area contributed by atoms with E-state index in [4.69, 9.17) is 33.2 Å². The van der Waals surface area contributed by atoms with Crippen LogP contribution in [0.15, 0.2) is 29.8 Å². The number of hydrogen-bond donors (Lipinski definition) is 0. The van der Waals surface area contributed by atoms with Crippen LogP contribution in [-0.2, 0) is 0 Å². The second kappa shape index (κ2) is 4.90. The maximum Gasteiger partial charge on any atom is 0.139 e. The summed E-state index contributed by atoms with van der Waals surface area (Å²) in [6, 6.07) is 6.95. The van der Waals surface area contributed by atoms with E-state index in [9.17, 15) is 0 Å². The summed E-state index contributed by atoms with van der Waals surface area (Å²) in [6.07, 6.45) is 0. The number of benzene rings is 1. The molecule has 0 bridgehead atoms. The van der Waals surface area contributed by atoms with E-state index in [0.29, 0.717) is 21.4 Å². The molecule has 0 radical (unpaired) electrons. The summed E-state index contributed by atoms with van der Waals surface area (Å²) < 4.78 is 5.23. The van der Waals surface area contributed by atoms with Crippen molar-refractivity contribution < 1.29 is 4.74 Å². The fourth-order valence-electron chi connectivity index (χ4n) is 0.889. The Hall–Kier alpha value is -1.17. The zero-order valence-electron chi connectivity index (χ0n) is 7.26. The van der Waals surface area contributed by atoms with E-state index in [1.165, 1.54) is 0 Å². The molecule has 1 aromatic carbocycles. The van der Waals surface area contributed by atoms with Crippen LogP contribution in [-0.4, -0.2) is 6.61 Å². The maximum atomic E-state index is 8.79. The molecule has 0 saturated carbocycles. The summed E-state index contributed by atoms with van der Waals surface area (Å²) in [5.41, 5.74) is 0.312. The summed E-state index contributed by atoms with van der Waals surface area (Å²) >= 11 is 11.3. The molecular weight excluding hydrogens is 221 g/mol. The highest BCUT2D eigenvalue weighted by Crippen LogP contribution is 2.25. The van der Waals surface area contributed by atoms with Gasteiger partial charge in [0.25, 0.3) is 0 Å². The van der Waals surface area contributed by atoms with E-state index < -0.39 is 0 Å². The van der Waals surface area contributed by atoms with Gasteiger partial charge in [-0.1, -0.05) is 35.8 Å². The van der Waals surface area contributed by atoms with Gasteiger partial charge < -0.3 is 4.74 Å². The summed E-state index contributed by atoms with van der Waals surface area (Å²) in [4.78, 5) is 0. The lowest BCUT2D eigenvalue weighted by Gasteiger charge is -2.06. The summed E-state index contributed by atoms with van der Waals surface area (Å²) in [5, 5.41) is 9.53. The molecule has 0 fully saturated rings. The van der Waals surface area contributed by atoms with E-state index in [1.807, 2.05) is 6.07 Å². The summed E-state index contributed by atoms with van der Waals surface area (Å²) in [7, 11) is 0. The van der Waals surface area contributed by atoms with Gasteiger partial charge in [0.15, 0.2) is 0 Å². The normalized spacial score (nSPS) is 9.21. The second-order valence-corrected chi connectivity index (χ2v) is 3.47. The van der Waals surface area contributed by atoms with Gasteiger partial charge >= 0.3 is 0 Å². The molecule has 0 amide bonds. The van der Waals surface area contributed by atoms with E-state index in [0.717, 1.165) is 0 Å². The molecule has 14 heavy (non-hydrogen) atoms. The summed E-state index contributed by atoms with van der Waals surface area (Å²) in [5.74, 6) is 0.418. The second-order valence-electron chi connectivity index (χ2n) is 2.53. The van der Waals surface area contributed by atoms with Gasteiger partial charge in [-0.05, 0) is 12.1 Å².